The van der Waals surface area contributed by atoms with E-state index in [1.807, 2.05) is 50.2 Å². The van der Waals surface area contributed by atoms with E-state index in [-0.39, 0.29) is 18.6 Å². The van der Waals surface area contributed by atoms with Crippen molar-refractivity contribution in [3.63, 3.8) is 0 Å². The Bertz CT molecular complexity index is 501. The Morgan fingerprint density at radius 1 is 1.45 bits per heavy atom. The van der Waals surface area contributed by atoms with Crippen LogP contribution in [0.15, 0.2) is 24.3 Å². The van der Waals surface area contributed by atoms with Gasteiger partial charge < -0.3 is 15.3 Å². The van der Waals surface area contributed by atoms with Gasteiger partial charge in [0.2, 0.25) is 5.91 Å². The molecule has 1 amide bonds. The van der Waals surface area contributed by atoms with Crippen LogP contribution in [-0.2, 0) is 4.79 Å². The number of carbonyl (C=O) groups excluding carboxylic acids is 1. The third-order valence-electron chi connectivity index (χ3n) is 2.69. The van der Waals surface area contributed by atoms with E-state index in [4.69, 9.17) is 5.11 Å². The summed E-state index contributed by atoms with van der Waals surface area (Å²) in [5.41, 5.74) is 1.91. The lowest BCUT2D eigenvalue weighted by atomic mass is 10.1. The predicted molar refractivity (Wildman–Crippen MR) is 80.1 cm³/mol. The third kappa shape index (κ3) is 5.87. The highest BCUT2D eigenvalue weighted by molar-refractivity contribution is 5.78. The Balaban J connectivity index is 2.69. The molecule has 0 saturated heterocycles. The van der Waals surface area contributed by atoms with Crippen molar-refractivity contribution in [2.45, 2.75) is 19.4 Å². The Kier molecular flexibility index (Phi) is 6.78. The number of nitrogens with zero attached hydrogens (tertiary/aromatic N) is 1. The molecule has 0 spiro atoms. The first-order valence-electron chi connectivity index (χ1n) is 6.66. The maximum Gasteiger partial charge on any atom is 0.234 e. The third-order valence-corrected chi connectivity index (χ3v) is 2.69. The van der Waals surface area contributed by atoms with Gasteiger partial charge in [-0.3, -0.25) is 4.79 Å². The topological polar surface area (TPSA) is 52.6 Å². The first kappa shape index (κ1) is 16.2. The number of hydrogen-bond acceptors (Lipinski definition) is 3. The van der Waals surface area contributed by atoms with Gasteiger partial charge in [0.05, 0.1) is 19.2 Å². The van der Waals surface area contributed by atoms with Gasteiger partial charge in [-0.1, -0.05) is 24.0 Å². The van der Waals surface area contributed by atoms with E-state index in [9.17, 15) is 4.79 Å². The molecule has 4 heteroatoms. The molecule has 1 atom stereocenters. The number of likely N-dealkylation sites (N-methyl/N-ethyl adjacent to an activating group) is 1. The molecule has 1 unspecified atom stereocenters. The van der Waals surface area contributed by atoms with Gasteiger partial charge in [-0.05, 0) is 38.7 Å². The summed E-state index contributed by atoms with van der Waals surface area (Å²) in [5.74, 6) is 5.89. The van der Waals surface area contributed by atoms with Crippen molar-refractivity contribution >= 4 is 5.91 Å². The summed E-state index contributed by atoms with van der Waals surface area (Å²) in [6.07, 6.45) is 0.472. The normalized spacial score (nSPS) is 11.7. The molecule has 1 rings (SSSR count). The van der Waals surface area contributed by atoms with Gasteiger partial charge in [0.25, 0.3) is 0 Å². The van der Waals surface area contributed by atoms with E-state index in [1.165, 1.54) is 0 Å². The summed E-state index contributed by atoms with van der Waals surface area (Å²) in [4.78, 5) is 13.6. The molecule has 1 aromatic carbocycles. The number of nitrogens with one attached hydrogen (secondary N) is 1. The average molecular weight is 274 g/mol. The summed E-state index contributed by atoms with van der Waals surface area (Å²) in [6, 6.07) is 7.72. The van der Waals surface area contributed by atoms with E-state index >= 15 is 0 Å². The molecule has 2 N–H and O–H groups in total. The maximum atomic E-state index is 11.7. The van der Waals surface area contributed by atoms with Gasteiger partial charge >= 0.3 is 0 Å². The van der Waals surface area contributed by atoms with Crippen LogP contribution in [0, 0.1) is 11.8 Å². The van der Waals surface area contributed by atoms with Crippen LogP contribution in [0.5, 0.6) is 0 Å². The molecular formula is C16H22N2O2. The van der Waals surface area contributed by atoms with Crippen LogP contribution in [0.1, 0.15) is 30.5 Å². The Morgan fingerprint density at radius 3 is 2.85 bits per heavy atom. The predicted octanol–water partition coefficient (Wildman–Crippen LogP) is 1.16. The number of aliphatic hydroxyl groups excluding tert-OH is 1. The quantitative estimate of drug-likeness (QED) is 0.792. The Hall–Kier alpha value is -1.83. The average Bonchev–Trinajstić information content (AvgIpc) is 2.38. The lowest BCUT2D eigenvalue weighted by Crippen LogP contribution is -2.34. The largest absolute Gasteiger partial charge is 0.395 e. The van der Waals surface area contributed by atoms with Gasteiger partial charge in [0.1, 0.15) is 0 Å². The maximum absolute atomic E-state index is 11.7. The van der Waals surface area contributed by atoms with Crippen LogP contribution in [0.4, 0.5) is 0 Å². The second-order valence-electron chi connectivity index (χ2n) is 4.93. The molecule has 0 aromatic heterocycles. The standard InChI is InChI=1S/C16H22N2O2/c1-13(17-16(20)12-18(2)3)15-9-6-8-14(11-15)7-4-5-10-19/h6,8-9,11,13,19H,5,10,12H2,1-3H3,(H,17,20). The second kappa shape index (κ2) is 8.36. The SMILES string of the molecule is CC(NC(=O)CN(C)C)c1cccc(C#CCCO)c1. The van der Waals surface area contributed by atoms with Crippen LogP contribution in [0.3, 0.4) is 0 Å². The van der Waals surface area contributed by atoms with E-state index < -0.39 is 0 Å². The molecule has 4 nitrogen and oxygen atoms in total. The Labute approximate surface area is 120 Å². The number of aliphatic hydroxyl groups is 1. The van der Waals surface area contributed by atoms with Crippen molar-refractivity contribution in [3.8, 4) is 11.8 Å². The molecule has 0 aliphatic rings. The highest BCUT2D eigenvalue weighted by Gasteiger charge is 2.10. The molecule has 108 valence electrons. The minimum absolute atomic E-state index is 0.000678. The van der Waals surface area contributed by atoms with Crippen molar-refractivity contribution in [3.05, 3.63) is 35.4 Å². The molecule has 0 saturated carbocycles. The summed E-state index contributed by atoms with van der Waals surface area (Å²) in [7, 11) is 3.73. The highest BCUT2D eigenvalue weighted by Crippen LogP contribution is 2.13. The number of benzene rings is 1. The highest BCUT2D eigenvalue weighted by atomic mass is 16.2. The van der Waals surface area contributed by atoms with Crippen LogP contribution in [-0.4, -0.2) is 43.2 Å². The molecule has 0 aliphatic heterocycles. The monoisotopic (exact) mass is 274 g/mol. The summed E-state index contributed by atoms with van der Waals surface area (Å²) in [6.45, 7) is 2.40. The first-order valence-corrected chi connectivity index (χ1v) is 6.66. The van der Waals surface area contributed by atoms with E-state index in [2.05, 4.69) is 17.2 Å². The first-order chi connectivity index (χ1) is 9.52. The lowest BCUT2D eigenvalue weighted by molar-refractivity contribution is -0.122. The zero-order chi connectivity index (χ0) is 15.0. The van der Waals surface area contributed by atoms with Crippen LogP contribution in [0.2, 0.25) is 0 Å². The molecule has 0 aliphatic carbocycles. The van der Waals surface area contributed by atoms with E-state index in [1.54, 1.807) is 0 Å². The van der Waals surface area contributed by atoms with Gasteiger partial charge in [-0.2, -0.15) is 0 Å². The fraction of sp³-hybridized carbons (Fsp3) is 0.438. The summed E-state index contributed by atoms with van der Waals surface area (Å²) in [5, 5.41) is 11.7. The zero-order valence-electron chi connectivity index (χ0n) is 12.3. The van der Waals surface area contributed by atoms with Crippen molar-refractivity contribution in [2.75, 3.05) is 27.2 Å². The van der Waals surface area contributed by atoms with Crippen molar-refractivity contribution < 1.29 is 9.90 Å². The zero-order valence-corrected chi connectivity index (χ0v) is 12.3. The molecule has 0 heterocycles. The van der Waals surface area contributed by atoms with E-state index in [0.29, 0.717) is 13.0 Å². The molecule has 0 radical (unpaired) electrons. The van der Waals surface area contributed by atoms with Gasteiger partial charge in [0, 0.05) is 12.0 Å². The van der Waals surface area contributed by atoms with Crippen molar-refractivity contribution in [1.82, 2.24) is 10.2 Å². The van der Waals surface area contributed by atoms with Gasteiger partial charge in [-0.25, -0.2) is 0 Å². The second-order valence-corrected chi connectivity index (χ2v) is 4.93. The molecule has 20 heavy (non-hydrogen) atoms. The van der Waals surface area contributed by atoms with Crippen LogP contribution < -0.4 is 5.32 Å². The number of amides is 1. The van der Waals surface area contributed by atoms with Gasteiger partial charge in [-0.15, -0.1) is 0 Å². The fourth-order valence-electron chi connectivity index (χ4n) is 1.76. The van der Waals surface area contributed by atoms with Crippen molar-refractivity contribution in [1.29, 1.82) is 0 Å². The molecule has 0 fully saturated rings. The smallest absolute Gasteiger partial charge is 0.234 e. The minimum atomic E-state index is -0.0537. The van der Waals surface area contributed by atoms with Crippen LogP contribution in [0.25, 0.3) is 0 Å². The minimum Gasteiger partial charge on any atom is -0.395 e. The molecule has 0 bridgehead atoms. The summed E-state index contributed by atoms with van der Waals surface area (Å²) < 4.78 is 0. The summed E-state index contributed by atoms with van der Waals surface area (Å²) >= 11 is 0. The molecule has 1 aromatic rings. The molecular weight excluding hydrogens is 252 g/mol. The van der Waals surface area contributed by atoms with E-state index in [0.717, 1.165) is 11.1 Å². The lowest BCUT2D eigenvalue weighted by Gasteiger charge is -2.16. The van der Waals surface area contributed by atoms with Crippen LogP contribution >= 0.6 is 0 Å². The number of carbonyl (C=O) groups is 1. The number of hydrogen-bond donors (Lipinski definition) is 2. The Morgan fingerprint density at radius 2 is 2.20 bits per heavy atom. The fourth-order valence-corrected chi connectivity index (χ4v) is 1.76. The van der Waals surface area contributed by atoms with Gasteiger partial charge in [0.15, 0.2) is 0 Å². The number of rotatable bonds is 5. The van der Waals surface area contributed by atoms with Crippen molar-refractivity contribution in [2.24, 2.45) is 0 Å².